The molecule has 1 amide bonds. The molecule has 158 valence electrons. The van der Waals surface area contributed by atoms with Gasteiger partial charge < -0.3 is 5.32 Å². The Hall–Kier alpha value is -2.39. The number of rotatable bonds is 8. The summed E-state index contributed by atoms with van der Waals surface area (Å²) >= 11 is 0. The lowest BCUT2D eigenvalue weighted by Gasteiger charge is -2.22. The summed E-state index contributed by atoms with van der Waals surface area (Å²) in [5.74, 6) is -0.309. The molecule has 0 bridgehead atoms. The van der Waals surface area contributed by atoms with Crippen molar-refractivity contribution in [2.45, 2.75) is 31.7 Å². The number of amides is 1. The van der Waals surface area contributed by atoms with Crippen molar-refractivity contribution in [3.63, 3.8) is 0 Å². The van der Waals surface area contributed by atoms with Crippen LogP contribution in [0.1, 0.15) is 42.7 Å². The van der Waals surface area contributed by atoms with E-state index in [-0.39, 0.29) is 22.6 Å². The number of carbonyl (C=O) groups excluding carboxylic acids is 1. The van der Waals surface area contributed by atoms with Gasteiger partial charge in [-0.15, -0.1) is 0 Å². The molecule has 9 heteroatoms. The number of hydrogen-bond donors (Lipinski definition) is 1. The number of benzene rings is 2. The van der Waals surface area contributed by atoms with Gasteiger partial charge in [0.25, 0.3) is 5.91 Å². The summed E-state index contributed by atoms with van der Waals surface area (Å²) < 4.78 is 48.7. The monoisotopic (exact) mass is 438 g/mol. The van der Waals surface area contributed by atoms with Gasteiger partial charge in [0.05, 0.1) is 22.4 Å². The minimum Gasteiger partial charge on any atom is -0.346 e. The van der Waals surface area contributed by atoms with Gasteiger partial charge in [0, 0.05) is 18.4 Å². The normalized spacial score (nSPS) is 13.0. The second-order valence-corrected chi connectivity index (χ2v) is 10.8. The maximum absolute atomic E-state index is 12.5. The molecule has 0 aromatic heterocycles. The summed E-state index contributed by atoms with van der Waals surface area (Å²) in [6.07, 6.45) is 1.14. The SMILES string of the molecule is CCN(c1ccc(C(=O)N[C@@H](C)c2ccc(S(C)(=O)=O)cc2)cc1)S(=O)(=O)CC. The third kappa shape index (κ3) is 5.57. The zero-order valence-corrected chi connectivity index (χ0v) is 18.5. The molecule has 2 aromatic rings. The van der Waals surface area contributed by atoms with E-state index in [1.807, 2.05) is 0 Å². The minimum absolute atomic E-state index is 0.00128. The molecule has 0 radical (unpaired) electrons. The molecule has 1 N–H and O–H groups in total. The molecule has 0 fully saturated rings. The average molecular weight is 439 g/mol. The first kappa shape index (κ1) is 22.9. The van der Waals surface area contributed by atoms with Crippen LogP contribution >= 0.6 is 0 Å². The Morgan fingerprint density at radius 1 is 0.966 bits per heavy atom. The number of sulfone groups is 1. The van der Waals surface area contributed by atoms with Gasteiger partial charge in [-0.25, -0.2) is 16.8 Å². The van der Waals surface area contributed by atoms with Crippen LogP contribution in [-0.2, 0) is 19.9 Å². The molecular formula is C20H26N2O5S2. The predicted molar refractivity (Wildman–Crippen MR) is 114 cm³/mol. The van der Waals surface area contributed by atoms with Gasteiger partial charge in [0.1, 0.15) is 0 Å². The highest BCUT2D eigenvalue weighted by atomic mass is 32.2. The van der Waals surface area contributed by atoms with E-state index in [1.165, 1.54) is 16.4 Å². The van der Waals surface area contributed by atoms with Crippen LogP contribution in [0.3, 0.4) is 0 Å². The standard InChI is InChI=1S/C20H26N2O5S2/c1-5-22(29(26,27)6-2)18-11-7-17(8-12-18)20(23)21-15(3)16-9-13-19(14-10-16)28(4,24)25/h7-15H,5-6H2,1-4H3,(H,21,23)/t15-/m0/s1. The molecule has 1 atom stereocenters. The van der Waals surface area contributed by atoms with Crippen molar-refractivity contribution in [3.8, 4) is 0 Å². The maximum atomic E-state index is 12.5. The molecule has 0 aliphatic carbocycles. The second kappa shape index (κ2) is 8.96. The molecular weight excluding hydrogens is 412 g/mol. The van der Waals surface area contributed by atoms with Gasteiger partial charge in [-0.05, 0) is 62.7 Å². The number of nitrogens with one attached hydrogen (secondary N) is 1. The summed E-state index contributed by atoms with van der Waals surface area (Å²) in [6, 6.07) is 12.4. The van der Waals surface area contributed by atoms with E-state index in [4.69, 9.17) is 0 Å². The molecule has 2 aromatic carbocycles. The summed E-state index contributed by atoms with van der Waals surface area (Å²) in [6.45, 7) is 5.45. The Bertz CT molecular complexity index is 1060. The van der Waals surface area contributed by atoms with Crippen molar-refractivity contribution in [1.82, 2.24) is 5.32 Å². The molecule has 0 saturated heterocycles. The maximum Gasteiger partial charge on any atom is 0.251 e. The van der Waals surface area contributed by atoms with Crippen LogP contribution in [0.25, 0.3) is 0 Å². The van der Waals surface area contributed by atoms with E-state index in [0.717, 1.165) is 11.8 Å². The van der Waals surface area contributed by atoms with E-state index in [9.17, 15) is 21.6 Å². The van der Waals surface area contributed by atoms with Crippen LogP contribution in [0.5, 0.6) is 0 Å². The number of carbonyl (C=O) groups is 1. The Labute approximate surface area is 172 Å². The third-order valence-corrected chi connectivity index (χ3v) is 7.56. The van der Waals surface area contributed by atoms with Crippen LogP contribution in [0, 0.1) is 0 Å². The lowest BCUT2D eigenvalue weighted by Crippen LogP contribution is -2.32. The van der Waals surface area contributed by atoms with E-state index in [2.05, 4.69) is 5.32 Å². The highest BCUT2D eigenvalue weighted by Gasteiger charge is 2.19. The molecule has 0 saturated carbocycles. The van der Waals surface area contributed by atoms with Crippen LogP contribution in [0.4, 0.5) is 5.69 Å². The number of nitrogens with zero attached hydrogens (tertiary/aromatic N) is 1. The van der Waals surface area contributed by atoms with Gasteiger partial charge in [-0.3, -0.25) is 9.10 Å². The van der Waals surface area contributed by atoms with Crippen LogP contribution < -0.4 is 9.62 Å². The van der Waals surface area contributed by atoms with Gasteiger partial charge in [0.2, 0.25) is 10.0 Å². The molecule has 0 spiro atoms. The molecule has 29 heavy (non-hydrogen) atoms. The third-order valence-electron chi connectivity index (χ3n) is 4.56. The van der Waals surface area contributed by atoms with Crippen molar-refractivity contribution in [2.75, 3.05) is 22.9 Å². The van der Waals surface area contributed by atoms with Crippen LogP contribution in [0.2, 0.25) is 0 Å². The van der Waals surface area contributed by atoms with Crippen molar-refractivity contribution in [1.29, 1.82) is 0 Å². The fraction of sp³-hybridized carbons (Fsp3) is 0.350. The van der Waals surface area contributed by atoms with E-state index >= 15 is 0 Å². The first-order chi connectivity index (χ1) is 13.5. The number of sulfonamides is 1. The summed E-state index contributed by atoms with van der Waals surface area (Å²) in [5, 5.41) is 2.85. The zero-order chi connectivity index (χ0) is 21.8. The summed E-state index contributed by atoms with van der Waals surface area (Å²) in [5.41, 5.74) is 1.68. The highest BCUT2D eigenvalue weighted by Crippen LogP contribution is 2.20. The number of hydrogen-bond acceptors (Lipinski definition) is 5. The van der Waals surface area contributed by atoms with Crippen molar-refractivity contribution in [2.24, 2.45) is 0 Å². The summed E-state index contributed by atoms with van der Waals surface area (Å²) in [4.78, 5) is 12.7. The lowest BCUT2D eigenvalue weighted by atomic mass is 10.1. The smallest absolute Gasteiger partial charge is 0.251 e. The van der Waals surface area contributed by atoms with Crippen LogP contribution in [-0.4, -0.2) is 41.3 Å². The van der Waals surface area contributed by atoms with Crippen molar-refractivity contribution >= 4 is 31.5 Å². The molecule has 2 rings (SSSR count). The topological polar surface area (TPSA) is 101 Å². The Balaban J connectivity index is 2.13. The zero-order valence-electron chi connectivity index (χ0n) is 16.9. The molecule has 0 aliphatic rings. The lowest BCUT2D eigenvalue weighted by molar-refractivity contribution is 0.0940. The number of anilines is 1. The van der Waals surface area contributed by atoms with Crippen molar-refractivity contribution in [3.05, 3.63) is 59.7 Å². The van der Waals surface area contributed by atoms with Gasteiger partial charge >= 0.3 is 0 Å². The van der Waals surface area contributed by atoms with E-state index in [1.54, 1.807) is 57.2 Å². The first-order valence-corrected chi connectivity index (χ1v) is 12.7. The van der Waals surface area contributed by atoms with E-state index < -0.39 is 19.9 Å². The van der Waals surface area contributed by atoms with Crippen LogP contribution in [0.15, 0.2) is 53.4 Å². The quantitative estimate of drug-likeness (QED) is 0.683. The molecule has 0 aliphatic heterocycles. The first-order valence-electron chi connectivity index (χ1n) is 9.21. The molecule has 0 heterocycles. The molecule has 7 nitrogen and oxygen atoms in total. The van der Waals surface area contributed by atoms with E-state index in [0.29, 0.717) is 17.8 Å². The summed E-state index contributed by atoms with van der Waals surface area (Å²) in [7, 11) is -6.65. The van der Waals surface area contributed by atoms with Gasteiger partial charge in [0.15, 0.2) is 9.84 Å². The molecule has 0 unspecified atom stereocenters. The highest BCUT2D eigenvalue weighted by molar-refractivity contribution is 7.92. The fourth-order valence-electron chi connectivity index (χ4n) is 2.84. The van der Waals surface area contributed by atoms with Crippen molar-refractivity contribution < 1.29 is 21.6 Å². The average Bonchev–Trinajstić information content (AvgIpc) is 2.68. The Morgan fingerprint density at radius 3 is 1.97 bits per heavy atom. The Morgan fingerprint density at radius 2 is 1.52 bits per heavy atom. The predicted octanol–water partition coefficient (Wildman–Crippen LogP) is 2.76. The second-order valence-electron chi connectivity index (χ2n) is 6.65. The fourth-order valence-corrected chi connectivity index (χ4v) is 4.62. The van der Waals surface area contributed by atoms with Gasteiger partial charge in [-0.1, -0.05) is 12.1 Å². The largest absolute Gasteiger partial charge is 0.346 e. The van der Waals surface area contributed by atoms with Gasteiger partial charge in [-0.2, -0.15) is 0 Å². The minimum atomic E-state index is -3.38. The Kier molecular flexibility index (Phi) is 7.07.